The molecule has 0 aliphatic carbocycles. The molecule has 0 saturated heterocycles. The normalized spacial score (nSPS) is 10.7. The number of benzene rings is 4. The molecule has 5 rings (SSSR count). The number of hydrogen-bond donors (Lipinski definition) is 2. The summed E-state index contributed by atoms with van der Waals surface area (Å²) in [6, 6.07) is 30.5. The lowest BCUT2D eigenvalue weighted by Gasteiger charge is -2.11. The number of urea groups is 1. The number of esters is 1. The topological polar surface area (TPSA) is 85.2 Å². The fourth-order valence-electron chi connectivity index (χ4n) is 4.32. The van der Waals surface area contributed by atoms with Crippen LogP contribution >= 0.6 is 0 Å². The molecule has 7 heteroatoms. The Balaban J connectivity index is 1.54. The van der Waals surface area contributed by atoms with Gasteiger partial charge in [0.15, 0.2) is 0 Å². The van der Waals surface area contributed by atoms with E-state index in [1.807, 2.05) is 118 Å². The highest BCUT2D eigenvalue weighted by molar-refractivity contribution is 6.00. The summed E-state index contributed by atoms with van der Waals surface area (Å²) >= 11 is 0. The quantitative estimate of drug-likeness (QED) is 0.220. The second kappa shape index (κ2) is 11.3. The molecule has 5 aromatic rings. The Morgan fingerprint density at radius 1 is 0.650 bits per heavy atom. The van der Waals surface area contributed by atoms with Crippen LogP contribution in [0.15, 0.2) is 97.1 Å². The first-order valence-electron chi connectivity index (χ1n) is 13.0. The molecule has 4 aromatic carbocycles. The Morgan fingerprint density at radius 2 is 1.10 bits per heavy atom. The molecule has 7 nitrogen and oxygen atoms in total. The van der Waals surface area contributed by atoms with Gasteiger partial charge in [0.1, 0.15) is 5.69 Å². The predicted octanol–water partition coefficient (Wildman–Crippen LogP) is 7.70. The van der Waals surface area contributed by atoms with Crippen molar-refractivity contribution in [2.75, 3.05) is 10.6 Å². The minimum Gasteiger partial charge on any atom is -0.407 e. The molecular weight excluding hydrogens is 500 g/mol. The van der Waals surface area contributed by atoms with E-state index in [2.05, 4.69) is 10.6 Å². The van der Waals surface area contributed by atoms with Gasteiger partial charge in [-0.25, -0.2) is 4.79 Å². The summed E-state index contributed by atoms with van der Waals surface area (Å²) in [5, 5.41) is 10.6. The average molecular weight is 531 g/mol. The minimum atomic E-state index is -0.448. The molecule has 0 spiro atoms. The molecule has 0 saturated carbocycles. The number of amides is 2. The van der Waals surface area contributed by atoms with E-state index in [1.54, 1.807) is 4.68 Å². The number of nitrogens with zero attached hydrogens (tertiary/aromatic N) is 2. The van der Waals surface area contributed by atoms with E-state index < -0.39 is 5.97 Å². The van der Waals surface area contributed by atoms with Gasteiger partial charge in [-0.3, -0.25) is 4.79 Å². The van der Waals surface area contributed by atoms with Gasteiger partial charge in [-0.2, -0.15) is 9.78 Å². The highest BCUT2D eigenvalue weighted by Crippen LogP contribution is 2.41. The fourth-order valence-corrected chi connectivity index (χ4v) is 4.32. The standard InChI is InChI=1S/C33H30N4O3/c1-21-5-11-26(12-6-21)31-30(32(40-24(4)38)37(36-31)29-19-9-23(3)10-20-29)25-13-17-28(18-14-25)35-33(39)34-27-15-7-22(2)8-16-27/h5-20H,1-4H3,(H2,34,35,39). The van der Waals surface area contributed by atoms with E-state index in [0.29, 0.717) is 28.5 Å². The Kier molecular flexibility index (Phi) is 7.46. The van der Waals surface area contributed by atoms with Gasteiger partial charge in [0.05, 0.1) is 11.3 Å². The van der Waals surface area contributed by atoms with Gasteiger partial charge in [-0.15, -0.1) is 0 Å². The SMILES string of the molecule is CC(=O)Oc1c(-c2ccc(NC(=O)Nc3ccc(C)cc3)cc2)c(-c2ccc(C)cc2)nn1-c1ccc(C)cc1. The molecule has 2 N–H and O–H groups in total. The highest BCUT2D eigenvalue weighted by atomic mass is 16.5. The van der Waals surface area contributed by atoms with Crippen LogP contribution in [0.5, 0.6) is 5.88 Å². The average Bonchev–Trinajstić information content (AvgIpc) is 3.29. The second-order valence-electron chi connectivity index (χ2n) is 9.76. The lowest BCUT2D eigenvalue weighted by molar-refractivity contribution is -0.132. The summed E-state index contributed by atoms with van der Waals surface area (Å²) in [5.74, 6) is -0.124. The third-order valence-electron chi connectivity index (χ3n) is 6.43. The lowest BCUT2D eigenvalue weighted by Crippen LogP contribution is -2.19. The van der Waals surface area contributed by atoms with Crippen LogP contribution in [0.4, 0.5) is 16.2 Å². The van der Waals surface area contributed by atoms with Crippen LogP contribution in [0, 0.1) is 20.8 Å². The molecule has 1 aromatic heterocycles. The maximum atomic E-state index is 12.6. The third-order valence-corrected chi connectivity index (χ3v) is 6.43. The first-order chi connectivity index (χ1) is 19.3. The van der Waals surface area contributed by atoms with Crippen LogP contribution in [-0.4, -0.2) is 21.8 Å². The van der Waals surface area contributed by atoms with Crippen molar-refractivity contribution >= 4 is 23.4 Å². The molecular formula is C33H30N4O3. The Labute approximate surface area is 233 Å². The van der Waals surface area contributed by atoms with Crippen molar-refractivity contribution in [3.8, 4) is 34.0 Å². The van der Waals surface area contributed by atoms with Crippen LogP contribution in [0.2, 0.25) is 0 Å². The Morgan fingerprint density at radius 3 is 1.62 bits per heavy atom. The van der Waals surface area contributed by atoms with Crippen molar-refractivity contribution in [1.82, 2.24) is 9.78 Å². The fraction of sp³-hybridized carbons (Fsp3) is 0.121. The number of hydrogen-bond acceptors (Lipinski definition) is 4. The summed E-state index contributed by atoms with van der Waals surface area (Å²) in [4.78, 5) is 24.8. The molecule has 200 valence electrons. The van der Waals surface area contributed by atoms with Gasteiger partial charge in [0.2, 0.25) is 5.88 Å². The van der Waals surface area contributed by atoms with Crippen molar-refractivity contribution in [2.45, 2.75) is 27.7 Å². The van der Waals surface area contributed by atoms with E-state index in [1.165, 1.54) is 6.92 Å². The molecule has 0 atom stereocenters. The minimum absolute atomic E-state index is 0.324. The number of ether oxygens (including phenoxy) is 1. The number of rotatable bonds is 6. The number of aromatic nitrogens is 2. The number of anilines is 2. The smallest absolute Gasteiger partial charge is 0.323 e. The maximum absolute atomic E-state index is 12.6. The first-order valence-corrected chi connectivity index (χ1v) is 13.0. The van der Waals surface area contributed by atoms with Crippen LogP contribution in [0.25, 0.3) is 28.1 Å². The number of aryl methyl sites for hydroxylation is 3. The molecule has 40 heavy (non-hydrogen) atoms. The van der Waals surface area contributed by atoms with Gasteiger partial charge < -0.3 is 15.4 Å². The molecule has 2 amide bonds. The van der Waals surface area contributed by atoms with Crippen molar-refractivity contribution in [3.63, 3.8) is 0 Å². The summed E-state index contributed by atoms with van der Waals surface area (Å²) in [7, 11) is 0. The third kappa shape index (κ3) is 5.94. The predicted molar refractivity (Wildman–Crippen MR) is 159 cm³/mol. The van der Waals surface area contributed by atoms with Crippen molar-refractivity contribution in [3.05, 3.63) is 114 Å². The van der Waals surface area contributed by atoms with Gasteiger partial charge in [-0.05, 0) is 62.7 Å². The molecule has 0 radical (unpaired) electrons. The molecule has 0 bridgehead atoms. The van der Waals surface area contributed by atoms with Crippen LogP contribution < -0.4 is 15.4 Å². The summed E-state index contributed by atoms with van der Waals surface area (Å²) in [6.45, 7) is 7.41. The molecule has 0 aliphatic rings. The first kappa shape index (κ1) is 26.4. The monoisotopic (exact) mass is 530 g/mol. The van der Waals surface area contributed by atoms with E-state index in [4.69, 9.17) is 9.84 Å². The highest BCUT2D eigenvalue weighted by Gasteiger charge is 2.24. The van der Waals surface area contributed by atoms with Crippen LogP contribution in [0.3, 0.4) is 0 Å². The Bertz CT molecular complexity index is 1650. The zero-order chi connectivity index (χ0) is 28.2. The van der Waals surface area contributed by atoms with Gasteiger partial charge in [0.25, 0.3) is 0 Å². The summed E-state index contributed by atoms with van der Waals surface area (Å²) in [5.41, 5.74) is 8.47. The Hall–Kier alpha value is -5.17. The molecule has 1 heterocycles. The summed E-state index contributed by atoms with van der Waals surface area (Å²) < 4.78 is 7.45. The van der Waals surface area contributed by atoms with E-state index in [9.17, 15) is 9.59 Å². The van der Waals surface area contributed by atoms with E-state index >= 15 is 0 Å². The zero-order valence-electron chi connectivity index (χ0n) is 22.9. The summed E-state index contributed by atoms with van der Waals surface area (Å²) in [6.07, 6.45) is 0. The number of carbonyl (C=O) groups is 2. The van der Waals surface area contributed by atoms with Gasteiger partial charge in [-0.1, -0.05) is 77.4 Å². The second-order valence-corrected chi connectivity index (χ2v) is 9.76. The largest absolute Gasteiger partial charge is 0.407 e. The zero-order valence-corrected chi connectivity index (χ0v) is 22.9. The maximum Gasteiger partial charge on any atom is 0.323 e. The van der Waals surface area contributed by atoms with Gasteiger partial charge in [0, 0.05) is 23.9 Å². The molecule has 0 aliphatic heterocycles. The molecule has 0 unspecified atom stereocenters. The van der Waals surface area contributed by atoms with Crippen molar-refractivity contribution in [1.29, 1.82) is 0 Å². The van der Waals surface area contributed by atoms with Crippen LogP contribution in [-0.2, 0) is 4.79 Å². The number of nitrogens with one attached hydrogen (secondary N) is 2. The lowest BCUT2D eigenvalue weighted by atomic mass is 10.00. The van der Waals surface area contributed by atoms with E-state index in [-0.39, 0.29) is 6.03 Å². The van der Waals surface area contributed by atoms with Gasteiger partial charge >= 0.3 is 12.0 Å². The number of carbonyl (C=O) groups excluding carboxylic acids is 2. The van der Waals surface area contributed by atoms with Crippen molar-refractivity contribution < 1.29 is 14.3 Å². The van der Waals surface area contributed by atoms with Crippen LogP contribution in [0.1, 0.15) is 23.6 Å². The van der Waals surface area contributed by atoms with E-state index in [0.717, 1.165) is 33.5 Å². The molecule has 0 fully saturated rings. The van der Waals surface area contributed by atoms with Crippen molar-refractivity contribution in [2.24, 2.45) is 0 Å².